The average Bonchev–Trinajstić information content (AvgIpc) is 2.48. The second kappa shape index (κ2) is 8.91. The largest absolute Gasteiger partial charge is 0.385 e. The lowest BCUT2D eigenvalue weighted by molar-refractivity contribution is -0.385. The van der Waals surface area contributed by atoms with Crippen LogP contribution in [0.2, 0.25) is 0 Å². The van der Waals surface area contributed by atoms with Crippen LogP contribution in [0, 0.1) is 10.1 Å². The van der Waals surface area contributed by atoms with Gasteiger partial charge in [0.05, 0.1) is 11.5 Å². The summed E-state index contributed by atoms with van der Waals surface area (Å²) in [6.45, 7) is 5.87. The zero-order valence-corrected chi connectivity index (χ0v) is 12.3. The van der Waals surface area contributed by atoms with E-state index in [1.807, 2.05) is 13.8 Å². The molecule has 0 saturated carbocycles. The van der Waals surface area contributed by atoms with Gasteiger partial charge in [-0.15, -0.1) is 0 Å². The summed E-state index contributed by atoms with van der Waals surface area (Å²) in [5.74, 6) is -0.471. The molecule has 21 heavy (non-hydrogen) atoms. The Morgan fingerprint density at radius 3 is 2.71 bits per heavy atom. The smallest absolute Gasteiger partial charge is 0.282 e. The third kappa shape index (κ3) is 5.39. The number of ether oxygens (including phenoxy) is 1. The second-order valence-corrected chi connectivity index (χ2v) is 4.37. The Balaban J connectivity index is 2.84. The summed E-state index contributed by atoms with van der Waals surface area (Å²) in [5.41, 5.74) is 0.543. The minimum atomic E-state index is -0.555. The second-order valence-electron chi connectivity index (χ2n) is 4.37. The van der Waals surface area contributed by atoms with Gasteiger partial charge in [-0.2, -0.15) is 0 Å². The van der Waals surface area contributed by atoms with Crippen LogP contribution in [0.3, 0.4) is 0 Å². The van der Waals surface area contributed by atoms with Crippen molar-refractivity contribution in [2.45, 2.75) is 20.3 Å². The van der Waals surface area contributed by atoms with E-state index in [1.165, 1.54) is 12.1 Å². The van der Waals surface area contributed by atoms with Crippen molar-refractivity contribution in [1.82, 2.24) is 5.32 Å². The molecule has 0 aliphatic carbocycles. The van der Waals surface area contributed by atoms with E-state index in [-0.39, 0.29) is 11.3 Å². The predicted octanol–water partition coefficient (Wildman–Crippen LogP) is 2.18. The van der Waals surface area contributed by atoms with E-state index in [4.69, 9.17) is 4.74 Å². The highest BCUT2D eigenvalue weighted by Gasteiger charge is 2.20. The first-order chi connectivity index (χ1) is 10.1. The monoisotopic (exact) mass is 295 g/mol. The molecule has 1 aromatic carbocycles. The number of hydrogen-bond donors (Lipinski definition) is 2. The number of nitro benzene ring substituents is 1. The third-order valence-corrected chi connectivity index (χ3v) is 2.75. The van der Waals surface area contributed by atoms with Gasteiger partial charge < -0.3 is 15.4 Å². The molecule has 0 aliphatic rings. The Kier molecular flexibility index (Phi) is 7.17. The molecule has 0 saturated heterocycles. The summed E-state index contributed by atoms with van der Waals surface area (Å²) in [6.07, 6.45) is 0.923. The van der Waals surface area contributed by atoms with Crippen molar-refractivity contribution in [3.63, 3.8) is 0 Å². The first-order valence-corrected chi connectivity index (χ1v) is 6.98. The summed E-state index contributed by atoms with van der Waals surface area (Å²) >= 11 is 0. The van der Waals surface area contributed by atoms with Gasteiger partial charge >= 0.3 is 0 Å². The lowest BCUT2D eigenvalue weighted by atomic mass is 10.1. The molecule has 7 heteroatoms. The fourth-order valence-electron chi connectivity index (χ4n) is 1.73. The molecule has 7 nitrogen and oxygen atoms in total. The number of amides is 1. The number of nitrogens with one attached hydrogen (secondary N) is 2. The van der Waals surface area contributed by atoms with E-state index in [0.717, 1.165) is 13.0 Å². The normalized spacial score (nSPS) is 10.2. The minimum absolute atomic E-state index is 0.0533. The topological polar surface area (TPSA) is 93.5 Å². The van der Waals surface area contributed by atoms with Crippen LogP contribution < -0.4 is 10.6 Å². The Morgan fingerprint density at radius 1 is 1.33 bits per heavy atom. The first kappa shape index (κ1) is 16.9. The van der Waals surface area contributed by atoms with Gasteiger partial charge in [-0.3, -0.25) is 14.9 Å². The zero-order valence-electron chi connectivity index (χ0n) is 12.3. The van der Waals surface area contributed by atoms with Crippen LogP contribution in [-0.4, -0.2) is 37.1 Å². The molecular weight excluding hydrogens is 274 g/mol. The molecule has 116 valence electrons. The zero-order chi connectivity index (χ0) is 15.7. The summed E-state index contributed by atoms with van der Waals surface area (Å²) in [6, 6.07) is 4.45. The van der Waals surface area contributed by atoms with Gasteiger partial charge in [0.25, 0.3) is 11.6 Å². The predicted molar refractivity (Wildman–Crippen MR) is 80.7 cm³/mol. The molecule has 0 fully saturated rings. The Morgan fingerprint density at radius 2 is 2.10 bits per heavy atom. The molecule has 0 heterocycles. The van der Waals surface area contributed by atoms with Crippen LogP contribution >= 0.6 is 0 Å². The van der Waals surface area contributed by atoms with Crippen LogP contribution in [0.25, 0.3) is 0 Å². The van der Waals surface area contributed by atoms with Crippen LogP contribution in [0.1, 0.15) is 30.6 Å². The highest BCUT2D eigenvalue weighted by Crippen LogP contribution is 2.22. The first-order valence-electron chi connectivity index (χ1n) is 6.98. The van der Waals surface area contributed by atoms with E-state index in [1.54, 1.807) is 6.07 Å². The third-order valence-electron chi connectivity index (χ3n) is 2.75. The molecule has 0 unspecified atom stereocenters. The maximum Gasteiger partial charge on any atom is 0.282 e. The van der Waals surface area contributed by atoms with Crippen molar-refractivity contribution in [3.8, 4) is 0 Å². The summed E-state index contributed by atoms with van der Waals surface area (Å²) < 4.78 is 5.11. The minimum Gasteiger partial charge on any atom is -0.385 e. The maximum atomic E-state index is 12.1. The van der Waals surface area contributed by atoms with Crippen molar-refractivity contribution >= 4 is 17.3 Å². The number of carbonyl (C=O) groups excluding carboxylic acids is 1. The van der Waals surface area contributed by atoms with Crippen molar-refractivity contribution in [2.24, 2.45) is 0 Å². The van der Waals surface area contributed by atoms with Crippen LogP contribution in [0.15, 0.2) is 18.2 Å². The van der Waals surface area contributed by atoms with Crippen molar-refractivity contribution in [3.05, 3.63) is 33.9 Å². The number of nitro groups is 1. The molecule has 0 atom stereocenters. The van der Waals surface area contributed by atoms with Crippen LogP contribution in [-0.2, 0) is 4.74 Å². The molecule has 1 rings (SSSR count). The van der Waals surface area contributed by atoms with Crippen molar-refractivity contribution < 1.29 is 14.5 Å². The van der Waals surface area contributed by atoms with E-state index >= 15 is 0 Å². The van der Waals surface area contributed by atoms with Crippen LogP contribution in [0.4, 0.5) is 11.4 Å². The van der Waals surface area contributed by atoms with Crippen molar-refractivity contribution in [2.75, 3.05) is 31.6 Å². The van der Waals surface area contributed by atoms with Gasteiger partial charge in [-0.25, -0.2) is 0 Å². The van der Waals surface area contributed by atoms with Gasteiger partial charge in [0.1, 0.15) is 5.56 Å². The quantitative estimate of drug-likeness (QED) is 0.414. The molecule has 0 radical (unpaired) electrons. The molecule has 1 aromatic rings. The number of nitrogens with zero attached hydrogens (tertiary/aromatic N) is 1. The standard InChI is InChI=1S/C14H21N3O4/c1-3-7-15-11-5-6-13(17(19)20)12(10-11)14(18)16-8-9-21-4-2/h5-6,10,15H,3-4,7-9H2,1-2H3,(H,16,18). The van der Waals surface area contributed by atoms with Gasteiger partial charge in [0.2, 0.25) is 0 Å². The summed E-state index contributed by atoms with van der Waals surface area (Å²) in [5, 5.41) is 16.7. The van der Waals surface area contributed by atoms with Gasteiger partial charge in [0.15, 0.2) is 0 Å². The molecule has 0 spiro atoms. The van der Waals surface area contributed by atoms with E-state index < -0.39 is 10.8 Å². The average molecular weight is 295 g/mol. The Bertz CT molecular complexity index is 491. The molecule has 0 bridgehead atoms. The SMILES string of the molecule is CCCNc1ccc([N+](=O)[O-])c(C(=O)NCCOCC)c1. The Labute approximate surface area is 123 Å². The molecular formula is C14H21N3O4. The van der Waals surface area contributed by atoms with Gasteiger partial charge in [0, 0.05) is 31.5 Å². The van der Waals surface area contributed by atoms with Gasteiger partial charge in [-0.05, 0) is 25.5 Å². The highest BCUT2D eigenvalue weighted by atomic mass is 16.6. The maximum absolute atomic E-state index is 12.1. The summed E-state index contributed by atoms with van der Waals surface area (Å²) in [4.78, 5) is 22.5. The number of anilines is 1. The Hall–Kier alpha value is -2.15. The molecule has 0 aromatic heterocycles. The summed E-state index contributed by atoms with van der Waals surface area (Å²) in [7, 11) is 0. The molecule has 1 amide bonds. The number of hydrogen-bond acceptors (Lipinski definition) is 5. The van der Waals surface area contributed by atoms with Crippen molar-refractivity contribution in [1.29, 1.82) is 0 Å². The van der Waals surface area contributed by atoms with E-state index in [2.05, 4.69) is 10.6 Å². The van der Waals surface area contributed by atoms with E-state index in [9.17, 15) is 14.9 Å². The van der Waals surface area contributed by atoms with Crippen LogP contribution in [0.5, 0.6) is 0 Å². The highest BCUT2D eigenvalue weighted by molar-refractivity contribution is 5.99. The lowest BCUT2D eigenvalue weighted by Crippen LogP contribution is -2.28. The molecule has 0 aliphatic heterocycles. The number of carbonyl (C=O) groups is 1. The van der Waals surface area contributed by atoms with E-state index in [0.29, 0.717) is 25.4 Å². The number of benzene rings is 1. The van der Waals surface area contributed by atoms with Gasteiger partial charge in [-0.1, -0.05) is 6.92 Å². The fourth-order valence-corrected chi connectivity index (χ4v) is 1.73. The fraction of sp³-hybridized carbons (Fsp3) is 0.500. The lowest BCUT2D eigenvalue weighted by Gasteiger charge is -2.09. The number of rotatable bonds is 9. The molecule has 2 N–H and O–H groups in total.